The number of hydrogen-bond acceptors (Lipinski definition) is 2. The Hall–Kier alpha value is -1.84. The van der Waals surface area contributed by atoms with E-state index in [1.54, 1.807) is 0 Å². The molecule has 1 aromatic rings. The molecule has 4 nitrogen and oxygen atoms in total. The zero-order valence-electron chi connectivity index (χ0n) is 15.2. The predicted molar refractivity (Wildman–Crippen MR) is 98.0 cm³/mol. The molecular formula is C22H27NO3. The Bertz CT molecular complexity index is 703. The highest BCUT2D eigenvalue weighted by molar-refractivity contribution is 5.97. The number of nitrogens with zero attached hydrogens (tertiary/aromatic N) is 1. The average Bonchev–Trinajstić information content (AvgIpc) is 3.10. The highest BCUT2D eigenvalue weighted by Crippen LogP contribution is 2.60. The minimum Gasteiger partial charge on any atom is -0.480 e. The second kappa shape index (κ2) is 5.83. The van der Waals surface area contributed by atoms with Crippen molar-refractivity contribution in [1.29, 1.82) is 0 Å². The molecule has 1 N–H and O–H groups in total. The molecule has 0 aromatic heterocycles. The van der Waals surface area contributed by atoms with Gasteiger partial charge in [0.1, 0.15) is 6.04 Å². The Balaban J connectivity index is 1.38. The fourth-order valence-corrected chi connectivity index (χ4v) is 6.86. The topological polar surface area (TPSA) is 57.6 Å². The van der Waals surface area contributed by atoms with Crippen molar-refractivity contribution >= 4 is 11.9 Å². The lowest BCUT2D eigenvalue weighted by molar-refractivity contribution is -0.141. The summed E-state index contributed by atoms with van der Waals surface area (Å²) in [6.07, 6.45) is 9.59. The van der Waals surface area contributed by atoms with Crippen LogP contribution in [0.3, 0.4) is 0 Å². The Labute approximate surface area is 154 Å². The molecule has 0 spiro atoms. The van der Waals surface area contributed by atoms with Crippen molar-refractivity contribution in [2.75, 3.05) is 6.54 Å². The van der Waals surface area contributed by atoms with Crippen LogP contribution in [0.5, 0.6) is 0 Å². The van der Waals surface area contributed by atoms with Gasteiger partial charge in [-0.05, 0) is 92.2 Å². The highest BCUT2D eigenvalue weighted by atomic mass is 16.4. The summed E-state index contributed by atoms with van der Waals surface area (Å²) in [5.74, 6) is 1.70. The average molecular weight is 353 g/mol. The van der Waals surface area contributed by atoms with Gasteiger partial charge >= 0.3 is 5.97 Å². The molecule has 1 aliphatic heterocycles. The largest absolute Gasteiger partial charge is 0.480 e. The lowest BCUT2D eigenvalue weighted by Gasteiger charge is -2.57. The summed E-state index contributed by atoms with van der Waals surface area (Å²) in [4.78, 5) is 25.7. The number of hydrogen-bond donors (Lipinski definition) is 1. The third kappa shape index (κ3) is 2.49. The molecule has 4 aliphatic carbocycles. The summed E-state index contributed by atoms with van der Waals surface area (Å²) in [7, 11) is 0. The minimum absolute atomic E-state index is 0.132. The molecule has 138 valence electrons. The number of rotatable bonds is 3. The molecular weight excluding hydrogens is 326 g/mol. The van der Waals surface area contributed by atoms with Gasteiger partial charge in [0.15, 0.2) is 0 Å². The number of carboxylic acid groups (broad SMARTS) is 1. The van der Waals surface area contributed by atoms with Crippen LogP contribution in [0.25, 0.3) is 0 Å². The summed E-state index contributed by atoms with van der Waals surface area (Å²) >= 11 is 0. The number of benzene rings is 1. The van der Waals surface area contributed by atoms with E-state index in [-0.39, 0.29) is 5.91 Å². The van der Waals surface area contributed by atoms with E-state index in [4.69, 9.17) is 0 Å². The van der Waals surface area contributed by atoms with Crippen molar-refractivity contribution < 1.29 is 14.7 Å². The van der Waals surface area contributed by atoms with E-state index in [0.717, 1.165) is 24.2 Å². The molecule has 5 aliphatic rings. The van der Waals surface area contributed by atoms with Crippen molar-refractivity contribution in [2.24, 2.45) is 17.8 Å². The van der Waals surface area contributed by atoms with Crippen LogP contribution in [0.1, 0.15) is 67.3 Å². The molecule has 1 atom stereocenters. The van der Waals surface area contributed by atoms with Gasteiger partial charge in [-0.15, -0.1) is 0 Å². The van der Waals surface area contributed by atoms with Crippen LogP contribution in [0.15, 0.2) is 24.3 Å². The van der Waals surface area contributed by atoms with E-state index in [0.29, 0.717) is 23.9 Å². The SMILES string of the molecule is O=C(O)[C@@H]1CCCN1C(=O)c1ccc(C23CC4CC(CC(C4)C2)C3)cc1. The minimum atomic E-state index is -0.888. The van der Waals surface area contributed by atoms with Gasteiger partial charge in [0.2, 0.25) is 0 Å². The quantitative estimate of drug-likeness (QED) is 0.898. The number of carbonyl (C=O) groups excluding carboxylic acids is 1. The van der Waals surface area contributed by atoms with Crippen molar-refractivity contribution in [1.82, 2.24) is 4.90 Å². The molecule has 1 amide bonds. The smallest absolute Gasteiger partial charge is 0.326 e. The second-order valence-corrected chi connectivity index (χ2v) is 9.27. The Morgan fingerprint density at radius 2 is 1.54 bits per heavy atom. The molecule has 0 radical (unpaired) electrons. The molecule has 1 saturated heterocycles. The Kier molecular flexibility index (Phi) is 3.67. The maximum absolute atomic E-state index is 12.8. The van der Waals surface area contributed by atoms with E-state index in [2.05, 4.69) is 12.1 Å². The second-order valence-electron chi connectivity index (χ2n) is 9.27. The molecule has 4 heteroatoms. The first-order valence-electron chi connectivity index (χ1n) is 10.2. The van der Waals surface area contributed by atoms with Crippen molar-refractivity contribution in [3.8, 4) is 0 Å². The van der Waals surface area contributed by atoms with Crippen LogP contribution in [0.2, 0.25) is 0 Å². The molecule has 6 rings (SSSR count). The van der Waals surface area contributed by atoms with Crippen LogP contribution in [0.4, 0.5) is 0 Å². The van der Waals surface area contributed by atoms with Gasteiger partial charge < -0.3 is 10.0 Å². The van der Waals surface area contributed by atoms with Gasteiger partial charge in [0.25, 0.3) is 5.91 Å². The molecule has 1 heterocycles. The predicted octanol–water partition coefficient (Wildman–Crippen LogP) is 3.84. The first kappa shape index (κ1) is 16.3. The standard InChI is InChI=1S/C22H27NO3/c24-20(23-7-1-2-19(23)21(25)26)17-3-5-18(6-4-17)22-11-14-8-15(12-22)10-16(9-14)13-22/h3-6,14-16,19H,1-2,7-13H2,(H,25,26)/t14?,15?,16?,19-,22?/m0/s1. The third-order valence-electron chi connectivity index (χ3n) is 7.58. The van der Waals surface area contributed by atoms with E-state index >= 15 is 0 Å². The van der Waals surface area contributed by atoms with E-state index < -0.39 is 12.0 Å². The van der Waals surface area contributed by atoms with Gasteiger partial charge in [-0.2, -0.15) is 0 Å². The van der Waals surface area contributed by atoms with Crippen molar-refractivity contribution in [3.05, 3.63) is 35.4 Å². The summed E-state index contributed by atoms with van der Waals surface area (Å²) < 4.78 is 0. The van der Waals surface area contributed by atoms with Crippen LogP contribution < -0.4 is 0 Å². The first-order valence-corrected chi connectivity index (χ1v) is 10.2. The Morgan fingerprint density at radius 1 is 0.962 bits per heavy atom. The lowest BCUT2D eigenvalue weighted by Crippen LogP contribution is -2.48. The maximum Gasteiger partial charge on any atom is 0.326 e. The number of likely N-dealkylation sites (tertiary alicyclic amines) is 1. The van der Waals surface area contributed by atoms with Crippen LogP contribution in [-0.2, 0) is 10.2 Å². The maximum atomic E-state index is 12.8. The first-order chi connectivity index (χ1) is 12.5. The summed E-state index contributed by atoms with van der Waals surface area (Å²) in [6.45, 7) is 0.548. The summed E-state index contributed by atoms with van der Waals surface area (Å²) in [5, 5.41) is 9.33. The van der Waals surface area contributed by atoms with Crippen LogP contribution in [-0.4, -0.2) is 34.5 Å². The van der Waals surface area contributed by atoms with Gasteiger partial charge in [-0.25, -0.2) is 4.79 Å². The van der Waals surface area contributed by atoms with E-state index in [1.165, 1.54) is 49.0 Å². The molecule has 0 unspecified atom stereocenters. The zero-order chi connectivity index (χ0) is 17.9. The normalized spacial score (nSPS) is 37.9. The van der Waals surface area contributed by atoms with Gasteiger partial charge in [0, 0.05) is 12.1 Å². The highest BCUT2D eigenvalue weighted by Gasteiger charge is 2.51. The van der Waals surface area contributed by atoms with E-state index in [1.807, 2.05) is 12.1 Å². The van der Waals surface area contributed by atoms with Gasteiger partial charge in [-0.3, -0.25) is 4.79 Å². The summed E-state index contributed by atoms with van der Waals surface area (Å²) in [5.41, 5.74) is 2.38. The monoisotopic (exact) mass is 353 g/mol. The van der Waals surface area contributed by atoms with Crippen LogP contribution in [0, 0.1) is 17.8 Å². The Morgan fingerprint density at radius 3 is 2.08 bits per heavy atom. The molecule has 4 bridgehead atoms. The van der Waals surface area contributed by atoms with Crippen molar-refractivity contribution in [2.45, 2.75) is 62.8 Å². The molecule has 5 fully saturated rings. The van der Waals surface area contributed by atoms with E-state index in [9.17, 15) is 14.7 Å². The third-order valence-corrected chi connectivity index (χ3v) is 7.58. The fraction of sp³-hybridized carbons (Fsp3) is 0.636. The number of amides is 1. The van der Waals surface area contributed by atoms with Crippen LogP contribution >= 0.6 is 0 Å². The number of carbonyl (C=O) groups is 2. The molecule has 26 heavy (non-hydrogen) atoms. The number of aliphatic carboxylic acids is 1. The summed E-state index contributed by atoms with van der Waals surface area (Å²) in [6, 6.07) is 7.53. The van der Waals surface area contributed by atoms with Gasteiger partial charge in [-0.1, -0.05) is 12.1 Å². The van der Waals surface area contributed by atoms with Gasteiger partial charge in [0.05, 0.1) is 0 Å². The number of carboxylic acids is 1. The fourth-order valence-electron chi connectivity index (χ4n) is 6.86. The molecule has 1 aromatic carbocycles. The molecule has 4 saturated carbocycles. The lowest BCUT2D eigenvalue weighted by atomic mass is 9.48. The van der Waals surface area contributed by atoms with Crippen molar-refractivity contribution in [3.63, 3.8) is 0 Å². The zero-order valence-corrected chi connectivity index (χ0v) is 15.2.